The summed E-state index contributed by atoms with van der Waals surface area (Å²) < 4.78 is 47.0. The van der Waals surface area contributed by atoms with Crippen molar-refractivity contribution in [2.24, 2.45) is 0 Å². The van der Waals surface area contributed by atoms with Gasteiger partial charge in [-0.05, 0) is 24.5 Å². The fraction of sp³-hybridized carbons (Fsp3) is 0.292. The van der Waals surface area contributed by atoms with Crippen LogP contribution in [0, 0.1) is 30.3 Å². The molecule has 34 heavy (non-hydrogen) atoms. The lowest BCUT2D eigenvalue weighted by Crippen LogP contribution is -2.57. The second-order valence-electron chi connectivity index (χ2n) is 7.85. The summed E-state index contributed by atoms with van der Waals surface area (Å²) in [6.45, 7) is 7.74. The second-order valence-corrected chi connectivity index (χ2v) is 8.91. The molecular formula is C24H21F3N4O2S. The van der Waals surface area contributed by atoms with E-state index in [2.05, 4.69) is 29.6 Å². The molecule has 1 amide bonds. The van der Waals surface area contributed by atoms with Crippen molar-refractivity contribution in [3.05, 3.63) is 74.8 Å². The van der Waals surface area contributed by atoms with Gasteiger partial charge < -0.3 is 14.5 Å². The van der Waals surface area contributed by atoms with Gasteiger partial charge in [0.15, 0.2) is 6.23 Å². The number of nitrogens with zero attached hydrogens (tertiary/aromatic N) is 4. The minimum absolute atomic E-state index is 0.0879. The van der Waals surface area contributed by atoms with Crippen molar-refractivity contribution in [2.45, 2.75) is 26.0 Å². The Morgan fingerprint density at radius 3 is 2.65 bits per heavy atom. The number of aromatic nitrogens is 2. The number of benzene rings is 1. The third kappa shape index (κ3) is 4.13. The lowest BCUT2D eigenvalue weighted by Gasteiger charge is -2.46. The third-order valence-corrected chi connectivity index (χ3v) is 6.81. The highest BCUT2D eigenvalue weighted by atomic mass is 32.1. The zero-order valence-corrected chi connectivity index (χ0v) is 19.2. The quantitative estimate of drug-likeness (QED) is 0.617. The van der Waals surface area contributed by atoms with Crippen molar-refractivity contribution >= 4 is 22.8 Å². The molecule has 5 rings (SSSR count). The van der Waals surface area contributed by atoms with Gasteiger partial charge >= 0.3 is 0 Å². The van der Waals surface area contributed by atoms with Crippen LogP contribution in [0.4, 0.5) is 13.2 Å². The molecule has 0 spiro atoms. The Labute approximate surface area is 199 Å². The third-order valence-electron chi connectivity index (χ3n) is 5.85. The Hall–Kier alpha value is -3.42. The molecular weight excluding hydrogens is 465 g/mol. The average Bonchev–Trinajstić information content (AvgIpc) is 3.28. The van der Waals surface area contributed by atoms with Crippen LogP contribution >= 0.6 is 11.3 Å². The maximum Gasteiger partial charge on any atom is 0.272 e. The van der Waals surface area contributed by atoms with Crippen molar-refractivity contribution in [3.63, 3.8) is 0 Å². The Bertz CT molecular complexity index is 1230. The van der Waals surface area contributed by atoms with Crippen molar-refractivity contribution in [1.82, 2.24) is 20.0 Å². The van der Waals surface area contributed by atoms with Crippen LogP contribution in [0.25, 0.3) is 5.57 Å². The van der Waals surface area contributed by atoms with Gasteiger partial charge in [-0.2, -0.15) is 0 Å². The van der Waals surface area contributed by atoms with Crippen LogP contribution in [-0.4, -0.2) is 51.8 Å². The number of terminal acetylenes is 1. The van der Waals surface area contributed by atoms with Crippen LogP contribution in [0.1, 0.15) is 28.9 Å². The van der Waals surface area contributed by atoms with E-state index in [9.17, 15) is 18.0 Å². The van der Waals surface area contributed by atoms with Crippen molar-refractivity contribution in [2.75, 3.05) is 19.7 Å². The van der Waals surface area contributed by atoms with Crippen molar-refractivity contribution < 1.29 is 22.7 Å². The smallest absolute Gasteiger partial charge is 0.272 e. The number of fused-ring (bicyclic) bond motifs is 2. The highest BCUT2D eigenvalue weighted by Crippen LogP contribution is 2.39. The number of rotatable bonds is 3. The van der Waals surface area contributed by atoms with Gasteiger partial charge in [0, 0.05) is 42.4 Å². The van der Waals surface area contributed by atoms with Gasteiger partial charge in [0.05, 0.1) is 13.2 Å². The maximum absolute atomic E-state index is 14.0. The average molecular weight is 487 g/mol. The number of amides is 1. The Balaban J connectivity index is 0.00000133. The van der Waals surface area contributed by atoms with Gasteiger partial charge in [-0.1, -0.05) is 17.9 Å². The first-order chi connectivity index (χ1) is 16.3. The fourth-order valence-electron chi connectivity index (χ4n) is 4.17. The maximum atomic E-state index is 14.0. The van der Waals surface area contributed by atoms with Crippen LogP contribution in [0.2, 0.25) is 0 Å². The van der Waals surface area contributed by atoms with Crippen LogP contribution in [-0.2, 0) is 16.0 Å². The summed E-state index contributed by atoms with van der Waals surface area (Å²) in [5.41, 5.74) is 2.37. The van der Waals surface area contributed by atoms with E-state index in [0.717, 1.165) is 12.0 Å². The molecule has 3 aliphatic rings. The molecule has 0 radical (unpaired) electrons. The number of ether oxygens (including phenoxy) is 1. The van der Waals surface area contributed by atoms with Gasteiger partial charge in [0.2, 0.25) is 0 Å². The first-order valence-electron chi connectivity index (χ1n) is 10.4. The molecule has 1 unspecified atom stereocenters. The van der Waals surface area contributed by atoms with Crippen LogP contribution < -0.4 is 0 Å². The molecule has 2 fully saturated rings. The molecule has 0 aliphatic carbocycles. The summed E-state index contributed by atoms with van der Waals surface area (Å²) in [5, 5.41) is 9.14. The Morgan fingerprint density at radius 2 is 1.94 bits per heavy atom. The molecule has 10 heteroatoms. The molecule has 0 saturated carbocycles. The summed E-state index contributed by atoms with van der Waals surface area (Å²) in [4.78, 5) is 16.6. The molecule has 0 bridgehead atoms. The number of carbonyl (C=O) groups excluding carboxylic acids is 1. The molecule has 4 heterocycles. The highest BCUT2D eigenvalue weighted by Gasteiger charge is 2.41. The normalized spacial score (nSPS) is 19.8. The summed E-state index contributed by atoms with van der Waals surface area (Å²) in [5.74, 6) is -2.99. The molecule has 176 valence electrons. The molecule has 2 aromatic rings. The van der Waals surface area contributed by atoms with Crippen molar-refractivity contribution in [3.8, 4) is 12.8 Å². The van der Waals surface area contributed by atoms with Gasteiger partial charge in [-0.25, -0.2) is 13.2 Å². The largest absolute Gasteiger partial charge is 0.356 e. The number of hydrogen-bond donors (Lipinski definition) is 0. The lowest BCUT2D eigenvalue weighted by atomic mass is 9.94. The second kappa shape index (κ2) is 9.44. The molecule has 0 N–H and O–H groups in total. The van der Waals surface area contributed by atoms with Gasteiger partial charge in [0.25, 0.3) is 5.91 Å². The van der Waals surface area contributed by atoms with Crippen molar-refractivity contribution in [1.29, 1.82) is 0 Å². The molecule has 6 nitrogen and oxygen atoms in total. The van der Waals surface area contributed by atoms with Crippen LogP contribution in [0.5, 0.6) is 0 Å². The Kier molecular flexibility index (Phi) is 6.59. The predicted octanol–water partition coefficient (Wildman–Crippen LogP) is 3.87. The van der Waals surface area contributed by atoms with E-state index in [-0.39, 0.29) is 24.1 Å². The monoisotopic (exact) mass is 486 g/mol. The zero-order valence-electron chi connectivity index (χ0n) is 18.4. The van der Waals surface area contributed by atoms with E-state index < -0.39 is 17.5 Å². The summed E-state index contributed by atoms with van der Waals surface area (Å²) >= 11 is 1.17. The van der Waals surface area contributed by atoms with E-state index in [4.69, 9.17) is 4.74 Å². The SMILES string of the molecule is C#C.C=C1C(c2nnc(Cc3c(F)cc(F)cc3F)s2)=CN2CC3OCCCN3C(=O)C2=C1C. The summed E-state index contributed by atoms with van der Waals surface area (Å²) in [6, 6.07) is 1.29. The number of hydrogen-bond acceptors (Lipinski definition) is 6. The number of piperazine rings is 1. The molecule has 1 aromatic carbocycles. The molecule has 1 aromatic heterocycles. The summed E-state index contributed by atoms with van der Waals surface area (Å²) in [7, 11) is 0. The minimum atomic E-state index is -0.972. The van der Waals surface area contributed by atoms with Crippen LogP contribution in [0.15, 0.2) is 41.8 Å². The topological polar surface area (TPSA) is 58.6 Å². The molecule has 1 atom stereocenters. The van der Waals surface area contributed by atoms with E-state index in [1.807, 2.05) is 11.8 Å². The van der Waals surface area contributed by atoms with Gasteiger partial charge in [0.1, 0.15) is 33.2 Å². The Morgan fingerprint density at radius 1 is 1.24 bits per heavy atom. The minimum Gasteiger partial charge on any atom is -0.356 e. The number of halogens is 3. The van der Waals surface area contributed by atoms with Gasteiger partial charge in [-0.15, -0.1) is 23.0 Å². The first-order valence-corrected chi connectivity index (χ1v) is 11.3. The lowest BCUT2D eigenvalue weighted by molar-refractivity contribution is -0.160. The molecule has 2 saturated heterocycles. The van der Waals surface area contributed by atoms with E-state index in [1.54, 1.807) is 11.1 Å². The van der Waals surface area contributed by atoms with E-state index in [1.165, 1.54) is 11.3 Å². The van der Waals surface area contributed by atoms with E-state index in [0.29, 0.717) is 58.7 Å². The number of carbonyl (C=O) groups is 1. The summed E-state index contributed by atoms with van der Waals surface area (Å²) in [6.07, 6.45) is 10.1. The van der Waals surface area contributed by atoms with Gasteiger partial charge in [-0.3, -0.25) is 4.79 Å². The van der Waals surface area contributed by atoms with Crippen LogP contribution in [0.3, 0.4) is 0 Å². The fourth-order valence-corrected chi connectivity index (χ4v) is 5.06. The highest BCUT2D eigenvalue weighted by molar-refractivity contribution is 7.12. The predicted molar refractivity (Wildman–Crippen MR) is 122 cm³/mol. The zero-order chi connectivity index (χ0) is 24.6. The van der Waals surface area contributed by atoms with E-state index >= 15 is 0 Å². The number of allylic oxidation sites excluding steroid dienone is 3. The standard InChI is InChI=1S/C22H19F3N4O2S.C2H2/c1-11-12(2)20-22(30)29-4-3-5-31-19(29)10-28(20)9-15(11)21-27-26-18(32-21)8-14-16(24)6-13(23)7-17(14)25;1-2/h6-7,9,19H,1,3-5,8,10H2,2H3;1-2H. The molecule has 3 aliphatic heterocycles. The first kappa shape index (κ1) is 23.7.